The second-order valence-corrected chi connectivity index (χ2v) is 8.77. The van der Waals surface area contributed by atoms with Crippen molar-refractivity contribution in [2.75, 3.05) is 0 Å². The third kappa shape index (κ3) is 3.80. The van der Waals surface area contributed by atoms with Crippen LogP contribution in [0.4, 0.5) is 0 Å². The number of hydrogen-bond donors (Lipinski definition) is 1. The first kappa shape index (κ1) is 15.5. The predicted molar refractivity (Wildman–Crippen MR) is 83.0 cm³/mol. The standard InChI is InChI=1S/C13H20BrNO2S2/c1-2-12(10-6-4-3-5-7-10)15-19(16,17)13-11(14)8-9-18-13/h8-10,12,15H,2-7H2,1H3. The molecule has 6 heteroatoms. The monoisotopic (exact) mass is 365 g/mol. The highest BCUT2D eigenvalue weighted by atomic mass is 79.9. The van der Waals surface area contributed by atoms with Gasteiger partial charge in [0.1, 0.15) is 4.21 Å². The zero-order valence-electron chi connectivity index (χ0n) is 11.1. The Morgan fingerprint density at radius 2 is 2.11 bits per heavy atom. The number of sulfonamides is 1. The quantitative estimate of drug-likeness (QED) is 0.851. The molecule has 1 fully saturated rings. The fraction of sp³-hybridized carbons (Fsp3) is 0.692. The topological polar surface area (TPSA) is 46.2 Å². The van der Waals surface area contributed by atoms with Gasteiger partial charge in [-0.05, 0) is 52.6 Å². The number of hydrogen-bond acceptors (Lipinski definition) is 3. The van der Waals surface area contributed by atoms with E-state index in [0.29, 0.717) is 14.6 Å². The van der Waals surface area contributed by atoms with E-state index in [9.17, 15) is 8.42 Å². The van der Waals surface area contributed by atoms with Gasteiger partial charge in [-0.3, -0.25) is 0 Å². The summed E-state index contributed by atoms with van der Waals surface area (Å²) in [6, 6.07) is 1.85. The summed E-state index contributed by atoms with van der Waals surface area (Å²) in [5.41, 5.74) is 0. The second kappa shape index (κ2) is 6.70. The second-order valence-electron chi connectivity index (χ2n) is 5.09. The van der Waals surface area contributed by atoms with Gasteiger partial charge < -0.3 is 0 Å². The SMILES string of the molecule is CCC(NS(=O)(=O)c1sccc1Br)C1CCCCC1. The largest absolute Gasteiger partial charge is 0.251 e. The van der Waals surface area contributed by atoms with Crippen molar-refractivity contribution in [3.05, 3.63) is 15.9 Å². The van der Waals surface area contributed by atoms with Crippen molar-refractivity contribution in [3.8, 4) is 0 Å². The van der Waals surface area contributed by atoms with Gasteiger partial charge in [0, 0.05) is 10.5 Å². The van der Waals surface area contributed by atoms with E-state index < -0.39 is 10.0 Å². The molecule has 1 aliphatic rings. The Bertz CT molecular complexity index is 506. The summed E-state index contributed by atoms with van der Waals surface area (Å²) >= 11 is 4.56. The van der Waals surface area contributed by atoms with Crippen LogP contribution in [0.15, 0.2) is 20.1 Å². The molecule has 0 radical (unpaired) electrons. The van der Waals surface area contributed by atoms with Gasteiger partial charge in [-0.2, -0.15) is 0 Å². The first-order valence-electron chi connectivity index (χ1n) is 6.80. The van der Waals surface area contributed by atoms with E-state index in [1.807, 2.05) is 0 Å². The van der Waals surface area contributed by atoms with Gasteiger partial charge in [-0.1, -0.05) is 26.2 Å². The molecule has 1 unspecified atom stereocenters. The van der Waals surface area contributed by atoms with Gasteiger partial charge in [-0.25, -0.2) is 13.1 Å². The number of rotatable bonds is 5. The molecular formula is C13H20BrNO2S2. The number of thiophene rings is 1. The normalized spacial score (nSPS) is 19.5. The molecule has 1 heterocycles. The first-order valence-corrected chi connectivity index (χ1v) is 9.95. The molecular weight excluding hydrogens is 346 g/mol. The van der Waals surface area contributed by atoms with E-state index in [1.165, 1.54) is 30.6 Å². The average Bonchev–Trinajstić information content (AvgIpc) is 2.84. The predicted octanol–water partition coefficient (Wildman–Crippen LogP) is 4.15. The molecule has 1 aliphatic carbocycles. The smallest absolute Gasteiger partial charge is 0.207 e. The molecule has 0 aliphatic heterocycles. The summed E-state index contributed by atoms with van der Waals surface area (Å²) in [5.74, 6) is 0.493. The van der Waals surface area contributed by atoms with Gasteiger partial charge >= 0.3 is 0 Å². The summed E-state index contributed by atoms with van der Waals surface area (Å²) in [4.78, 5) is 0. The zero-order valence-corrected chi connectivity index (χ0v) is 14.3. The Morgan fingerprint density at radius 1 is 1.42 bits per heavy atom. The van der Waals surface area contributed by atoms with Crippen LogP contribution in [0.1, 0.15) is 45.4 Å². The Morgan fingerprint density at radius 3 is 2.63 bits per heavy atom. The third-order valence-electron chi connectivity index (χ3n) is 3.79. The van der Waals surface area contributed by atoms with Crippen LogP contribution in [0.3, 0.4) is 0 Å². The highest BCUT2D eigenvalue weighted by Gasteiger charge is 2.28. The minimum absolute atomic E-state index is 0.0688. The van der Waals surface area contributed by atoms with E-state index in [-0.39, 0.29) is 6.04 Å². The Kier molecular flexibility index (Phi) is 5.45. The third-order valence-corrected chi connectivity index (χ3v) is 7.95. The molecule has 108 valence electrons. The summed E-state index contributed by atoms with van der Waals surface area (Å²) in [6.45, 7) is 2.06. The van der Waals surface area contributed by atoms with E-state index in [0.717, 1.165) is 19.3 Å². The van der Waals surface area contributed by atoms with Gasteiger partial charge in [0.15, 0.2) is 0 Å². The molecule has 1 N–H and O–H groups in total. The van der Waals surface area contributed by atoms with Crippen LogP contribution in [-0.2, 0) is 10.0 Å². The Hall–Kier alpha value is 0.0900. The molecule has 1 aromatic rings. The van der Waals surface area contributed by atoms with Gasteiger partial charge in [0.05, 0.1) is 0 Å². The van der Waals surface area contributed by atoms with Crippen molar-refractivity contribution in [2.45, 2.75) is 55.7 Å². The molecule has 0 bridgehead atoms. The molecule has 0 aromatic carbocycles. The molecule has 0 amide bonds. The fourth-order valence-corrected chi connectivity index (χ4v) is 6.52. The van der Waals surface area contributed by atoms with E-state index in [2.05, 4.69) is 27.6 Å². The number of halogens is 1. The van der Waals surface area contributed by atoms with Crippen LogP contribution >= 0.6 is 27.3 Å². The summed E-state index contributed by atoms with van der Waals surface area (Å²) in [7, 11) is -3.39. The first-order chi connectivity index (χ1) is 9.04. The van der Waals surface area contributed by atoms with Crippen molar-refractivity contribution < 1.29 is 8.42 Å². The number of nitrogens with one attached hydrogen (secondary N) is 1. The van der Waals surface area contributed by atoms with Crippen molar-refractivity contribution >= 4 is 37.3 Å². The van der Waals surface area contributed by atoms with Gasteiger partial charge in [0.25, 0.3) is 10.0 Å². The Labute approximate surface area is 128 Å². The average molecular weight is 366 g/mol. The van der Waals surface area contributed by atoms with Crippen LogP contribution in [0.2, 0.25) is 0 Å². The van der Waals surface area contributed by atoms with Crippen LogP contribution in [0.5, 0.6) is 0 Å². The highest BCUT2D eigenvalue weighted by molar-refractivity contribution is 9.10. The molecule has 1 atom stereocenters. The minimum Gasteiger partial charge on any atom is -0.207 e. The fourth-order valence-electron chi connectivity index (χ4n) is 2.77. The van der Waals surface area contributed by atoms with Crippen LogP contribution < -0.4 is 4.72 Å². The van der Waals surface area contributed by atoms with E-state index in [1.54, 1.807) is 11.4 Å². The molecule has 0 saturated heterocycles. The van der Waals surface area contributed by atoms with Crippen molar-refractivity contribution in [3.63, 3.8) is 0 Å². The summed E-state index contributed by atoms with van der Waals surface area (Å²) < 4.78 is 28.7. The lowest BCUT2D eigenvalue weighted by molar-refractivity contribution is 0.285. The molecule has 2 rings (SSSR count). The van der Waals surface area contributed by atoms with Crippen molar-refractivity contribution in [1.29, 1.82) is 0 Å². The molecule has 0 spiro atoms. The van der Waals surface area contributed by atoms with Gasteiger partial charge in [-0.15, -0.1) is 11.3 Å². The van der Waals surface area contributed by atoms with Crippen LogP contribution in [-0.4, -0.2) is 14.5 Å². The maximum atomic E-state index is 12.4. The molecule has 3 nitrogen and oxygen atoms in total. The van der Waals surface area contributed by atoms with Crippen LogP contribution in [0, 0.1) is 5.92 Å². The lowest BCUT2D eigenvalue weighted by Crippen LogP contribution is -2.40. The summed E-state index contributed by atoms with van der Waals surface area (Å²) in [5, 5.41) is 1.79. The zero-order chi connectivity index (χ0) is 13.9. The van der Waals surface area contributed by atoms with Crippen LogP contribution in [0.25, 0.3) is 0 Å². The lowest BCUT2D eigenvalue weighted by atomic mass is 9.83. The van der Waals surface area contributed by atoms with Crippen molar-refractivity contribution in [2.24, 2.45) is 5.92 Å². The van der Waals surface area contributed by atoms with Gasteiger partial charge in [0.2, 0.25) is 0 Å². The van der Waals surface area contributed by atoms with Crippen molar-refractivity contribution in [1.82, 2.24) is 4.72 Å². The Balaban J connectivity index is 2.11. The molecule has 1 aromatic heterocycles. The summed E-state index contributed by atoms with van der Waals surface area (Å²) in [6.07, 6.45) is 6.89. The molecule has 19 heavy (non-hydrogen) atoms. The maximum Gasteiger partial charge on any atom is 0.251 e. The molecule has 1 saturated carbocycles. The maximum absolute atomic E-state index is 12.4. The lowest BCUT2D eigenvalue weighted by Gasteiger charge is -2.29. The highest BCUT2D eigenvalue weighted by Crippen LogP contribution is 2.31. The minimum atomic E-state index is -3.39. The van der Waals surface area contributed by atoms with E-state index >= 15 is 0 Å². The van der Waals surface area contributed by atoms with E-state index in [4.69, 9.17) is 0 Å².